The van der Waals surface area contributed by atoms with Crippen molar-refractivity contribution in [3.05, 3.63) is 34.5 Å². The molecule has 0 fully saturated rings. The standard InChI is InChI=1S/C22H30ClN3O3/c1-13(2)10-18-20-16(15-7-6-14(23)11-17(15)25-20)8-9-26(18)19(27)12-24-21(28)29-22(3,4)5/h6-7,11,13,18,25H,8-10,12H2,1-5H3,(H,24,28). The lowest BCUT2D eigenvalue weighted by Crippen LogP contribution is -2.46. The number of hydrogen-bond acceptors (Lipinski definition) is 3. The largest absolute Gasteiger partial charge is 0.444 e. The minimum Gasteiger partial charge on any atom is -0.444 e. The molecule has 1 aromatic heterocycles. The molecule has 0 radical (unpaired) electrons. The van der Waals surface area contributed by atoms with Crippen molar-refractivity contribution in [2.24, 2.45) is 5.92 Å². The fourth-order valence-corrected chi connectivity index (χ4v) is 4.07. The Labute approximate surface area is 176 Å². The van der Waals surface area contributed by atoms with Gasteiger partial charge in [-0.2, -0.15) is 0 Å². The molecule has 29 heavy (non-hydrogen) atoms. The van der Waals surface area contributed by atoms with Crippen LogP contribution in [0.1, 0.15) is 58.3 Å². The first-order valence-electron chi connectivity index (χ1n) is 10.1. The van der Waals surface area contributed by atoms with Crippen LogP contribution in [0.5, 0.6) is 0 Å². The van der Waals surface area contributed by atoms with Crippen LogP contribution in [0, 0.1) is 5.92 Å². The molecule has 2 heterocycles. The average molecular weight is 420 g/mol. The summed E-state index contributed by atoms with van der Waals surface area (Å²) in [5.74, 6) is 0.305. The maximum absolute atomic E-state index is 13.0. The Morgan fingerprint density at radius 2 is 2.07 bits per heavy atom. The van der Waals surface area contributed by atoms with E-state index in [1.807, 2.05) is 23.1 Å². The van der Waals surface area contributed by atoms with E-state index in [1.54, 1.807) is 20.8 Å². The number of aromatic amines is 1. The van der Waals surface area contributed by atoms with Crippen LogP contribution in [-0.2, 0) is 16.0 Å². The van der Waals surface area contributed by atoms with E-state index in [9.17, 15) is 9.59 Å². The zero-order valence-electron chi connectivity index (χ0n) is 17.8. The third-order valence-electron chi connectivity index (χ3n) is 5.01. The van der Waals surface area contributed by atoms with E-state index in [2.05, 4.69) is 24.1 Å². The Hall–Kier alpha value is -2.21. The molecule has 158 valence electrons. The fourth-order valence-electron chi connectivity index (χ4n) is 3.90. The zero-order chi connectivity index (χ0) is 21.3. The molecule has 1 aliphatic heterocycles. The van der Waals surface area contributed by atoms with Gasteiger partial charge in [0.15, 0.2) is 0 Å². The average Bonchev–Trinajstić information content (AvgIpc) is 2.96. The Morgan fingerprint density at radius 3 is 2.72 bits per heavy atom. The van der Waals surface area contributed by atoms with Crippen LogP contribution in [-0.4, -0.2) is 40.6 Å². The predicted molar refractivity (Wildman–Crippen MR) is 115 cm³/mol. The SMILES string of the molecule is CC(C)CC1c2[nH]c3cc(Cl)ccc3c2CCN1C(=O)CNC(=O)OC(C)(C)C. The van der Waals surface area contributed by atoms with Crippen LogP contribution in [0.4, 0.5) is 4.79 Å². The van der Waals surface area contributed by atoms with E-state index in [0.29, 0.717) is 17.5 Å². The number of H-pyrrole nitrogens is 1. The molecule has 0 bridgehead atoms. The predicted octanol–water partition coefficient (Wildman–Crippen LogP) is 4.82. The molecule has 0 saturated heterocycles. The number of alkyl carbamates (subject to hydrolysis) is 1. The van der Waals surface area contributed by atoms with Gasteiger partial charge in [0.05, 0.1) is 6.04 Å². The van der Waals surface area contributed by atoms with Crippen LogP contribution in [0.15, 0.2) is 18.2 Å². The molecule has 1 aromatic carbocycles. The lowest BCUT2D eigenvalue weighted by molar-refractivity contribution is -0.133. The van der Waals surface area contributed by atoms with Crippen molar-refractivity contribution in [3.8, 4) is 0 Å². The Morgan fingerprint density at radius 1 is 1.34 bits per heavy atom. The maximum atomic E-state index is 13.0. The van der Waals surface area contributed by atoms with Gasteiger partial charge in [0.25, 0.3) is 0 Å². The highest BCUT2D eigenvalue weighted by Gasteiger charge is 2.33. The first-order valence-corrected chi connectivity index (χ1v) is 10.5. The van der Waals surface area contributed by atoms with Gasteiger partial charge in [-0.05, 0) is 57.2 Å². The second-order valence-corrected chi connectivity index (χ2v) is 9.48. The number of carbonyl (C=O) groups is 2. The van der Waals surface area contributed by atoms with E-state index in [4.69, 9.17) is 16.3 Å². The molecule has 0 aliphatic carbocycles. The molecular weight excluding hydrogens is 390 g/mol. The fraction of sp³-hybridized carbons (Fsp3) is 0.545. The molecule has 0 saturated carbocycles. The summed E-state index contributed by atoms with van der Waals surface area (Å²) in [4.78, 5) is 30.3. The molecule has 3 rings (SSSR count). The van der Waals surface area contributed by atoms with Gasteiger partial charge in [0, 0.05) is 28.2 Å². The van der Waals surface area contributed by atoms with Crippen LogP contribution >= 0.6 is 11.6 Å². The molecule has 1 aliphatic rings. The van der Waals surface area contributed by atoms with E-state index < -0.39 is 11.7 Å². The molecule has 1 unspecified atom stereocenters. The van der Waals surface area contributed by atoms with Gasteiger partial charge in [0.1, 0.15) is 12.1 Å². The number of benzene rings is 1. The smallest absolute Gasteiger partial charge is 0.408 e. The molecule has 2 N–H and O–H groups in total. The first-order chi connectivity index (χ1) is 13.5. The summed E-state index contributed by atoms with van der Waals surface area (Å²) < 4.78 is 5.23. The second kappa shape index (κ2) is 8.27. The molecule has 7 heteroatoms. The third kappa shape index (κ3) is 5.04. The number of amides is 2. The molecular formula is C22H30ClN3O3. The number of aromatic nitrogens is 1. The lowest BCUT2D eigenvalue weighted by atomic mass is 9.91. The van der Waals surface area contributed by atoms with Gasteiger partial charge in [-0.25, -0.2) is 4.79 Å². The molecule has 6 nitrogen and oxygen atoms in total. The summed E-state index contributed by atoms with van der Waals surface area (Å²) in [7, 11) is 0. The van der Waals surface area contributed by atoms with Crippen molar-refractivity contribution in [1.82, 2.24) is 15.2 Å². The highest BCUT2D eigenvalue weighted by molar-refractivity contribution is 6.31. The normalized spacial score (nSPS) is 16.8. The summed E-state index contributed by atoms with van der Waals surface area (Å²) in [6.45, 7) is 10.2. The van der Waals surface area contributed by atoms with Crippen molar-refractivity contribution in [2.75, 3.05) is 13.1 Å². The topological polar surface area (TPSA) is 74.4 Å². The van der Waals surface area contributed by atoms with Crippen molar-refractivity contribution in [2.45, 2.75) is 59.1 Å². The molecule has 1 atom stereocenters. The number of ether oxygens (including phenoxy) is 1. The first kappa shape index (κ1) is 21.5. The van der Waals surface area contributed by atoms with Crippen molar-refractivity contribution >= 4 is 34.5 Å². The van der Waals surface area contributed by atoms with Gasteiger partial charge in [0.2, 0.25) is 5.91 Å². The van der Waals surface area contributed by atoms with Gasteiger partial charge >= 0.3 is 6.09 Å². The Bertz CT molecular complexity index is 914. The molecule has 0 spiro atoms. The number of hydrogen-bond donors (Lipinski definition) is 2. The van der Waals surface area contributed by atoms with Crippen LogP contribution in [0.25, 0.3) is 10.9 Å². The summed E-state index contributed by atoms with van der Waals surface area (Å²) in [5, 5.41) is 4.44. The highest BCUT2D eigenvalue weighted by atomic mass is 35.5. The zero-order valence-corrected chi connectivity index (χ0v) is 18.5. The minimum atomic E-state index is -0.598. The van der Waals surface area contributed by atoms with Gasteiger partial charge < -0.3 is 19.9 Å². The third-order valence-corrected chi connectivity index (χ3v) is 5.25. The van der Waals surface area contributed by atoms with Crippen LogP contribution < -0.4 is 5.32 Å². The van der Waals surface area contributed by atoms with Gasteiger partial charge in [-0.1, -0.05) is 31.5 Å². The number of nitrogens with one attached hydrogen (secondary N) is 2. The maximum Gasteiger partial charge on any atom is 0.408 e. The summed E-state index contributed by atoms with van der Waals surface area (Å²) in [6, 6.07) is 5.81. The number of fused-ring (bicyclic) bond motifs is 3. The van der Waals surface area contributed by atoms with Crippen LogP contribution in [0.2, 0.25) is 5.02 Å². The van der Waals surface area contributed by atoms with E-state index >= 15 is 0 Å². The summed E-state index contributed by atoms with van der Waals surface area (Å²) >= 11 is 6.16. The van der Waals surface area contributed by atoms with E-state index in [0.717, 1.165) is 29.4 Å². The second-order valence-electron chi connectivity index (χ2n) is 9.05. The monoisotopic (exact) mass is 419 g/mol. The van der Waals surface area contributed by atoms with E-state index in [-0.39, 0.29) is 18.5 Å². The molecule has 2 aromatic rings. The highest BCUT2D eigenvalue weighted by Crippen LogP contribution is 2.38. The molecule has 2 amide bonds. The number of nitrogens with zero attached hydrogens (tertiary/aromatic N) is 1. The van der Waals surface area contributed by atoms with E-state index in [1.165, 1.54) is 5.56 Å². The minimum absolute atomic E-state index is 0.0575. The van der Waals surface area contributed by atoms with Crippen molar-refractivity contribution < 1.29 is 14.3 Å². The lowest BCUT2D eigenvalue weighted by Gasteiger charge is -2.37. The Kier molecular flexibility index (Phi) is 6.13. The number of halogens is 1. The van der Waals surface area contributed by atoms with Crippen molar-refractivity contribution in [3.63, 3.8) is 0 Å². The van der Waals surface area contributed by atoms with Crippen LogP contribution in [0.3, 0.4) is 0 Å². The van der Waals surface area contributed by atoms with Crippen molar-refractivity contribution in [1.29, 1.82) is 0 Å². The summed E-state index contributed by atoms with van der Waals surface area (Å²) in [6.07, 6.45) is 1.03. The summed E-state index contributed by atoms with van der Waals surface area (Å²) in [5.41, 5.74) is 2.73. The van der Waals surface area contributed by atoms with Gasteiger partial charge in [-0.3, -0.25) is 4.79 Å². The quantitative estimate of drug-likeness (QED) is 0.746. The van der Waals surface area contributed by atoms with Gasteiger partial charge in [-0.15, -0.1) is 0 Å². The Balaban J connectivity index is 1.81. The number of rotatable bonds is 4. The number of carbonyl (C=O) groups excluding carboxylic acids is 2.